The number of carbonyl (C=O) groups excluding carboxylic acids is 1. The molecule has 3 rings (SSSR count). The highest BCUT2D eigenvalue weighted by molar-refractivity contribution is 7.21. The van der Waals surface area contributed by atoms with Crippen LogP contribution in [0.1, 0.15) is 60.2 Å². The fraction of sp³-hybridized carbons (Fsp3) is 0.500. The molecule has 1 aliphatic carbocycles. The van der Waals surface area contributed by atoms with E-state index in [4.69, 9.17) is 0 Å². The monoisotopic (exact) mass is 301 g/mol. The van der Waals surface area contributed by atoms with Gasteiger partial charge in [-0.1, -0.05) is 50.3 Å². The number of benzene rings is 1. The smallest absolute Gasteiger partial charge is 0.261 e. The molecule has 0 aliphatic heterocycles. The SMILES string of the molecule is Cc1c(C(=O)NC2CCCCCCC2)sc2ccccc12. The normalized spacial score (nSPS) is 17.4. The number of hydrogen-bond acceptors (Lipinski definition) is 2. The Hall–Kier alpha value is -1.35. The van der Waals surface area contributed by atoms with Gasteiger partial charge in [0.05, 0.1) is 4.88 Å². The predicted molar refractivity (Wildman–Crippen MR) is 90.1 cm³/mol. The Kier molecular flexibility index (Phi) is 4.59. The molecule has 1 amide bonds. The van der Waals surface area contributed by atoms with Crippen LogP contribution in [0.2, 0.25) is 0 Å². The van der Waals surface area contributed by atoms with Gasteiger partial charge in [0.1, 0.15) is 0 Å². The van der Waals surface area contributed by atoms with Crippen molar-refractivity contribution >= 4 is 27.3 Å². The van der Waals surface area contributed by atoms with Crippen molar-refractivity contribution in [2.75, 3.05) is 0 Å². The number of carbonyl (C=O) groups is 1. The first-order valence-electron chi connectivity index (χ1n) is 8.04. The maximum Gasteiger partial charge on any atom is 0.261 e. The lowest BCUT2D eigenvalue weighted by Gasteiger charge is -2.20. The summed E-state index contributed by atoms with van der Waals surface area (Å²) in [5.74, 6) is 0.124. The molecular weight excluding hydrogens is 278 g/mol. The fourth-order valence-electron chi connectivity index (χ4n) is 3.24. The van der Waals surface area contributed by atoms with Gasteiger partial charge >= 0.3 is 0 Å². The van der Waals surface area contributed by atoms with Gasteiger partial charge < -0.3 is 5.32 Å². The maximum absolute atomic E-state index is 12.6. The van der Waals surface area contributed by atoms with Gasteiger partial charge in [0.25, 0.3) is 5.91 Å². The van der Waals surface area contributed by atoms with Crippen molar-refractivity contribution in [3.8, 4) is 0 Å². The third-order valence-corrected chi connectivity index (χ3v) is 5.76. The molecule has 2 aromatic rings. The lowest BCUT2D eigenvalue weighted by atomic mass is 9.96. The molecule has 0 unspecified atom stereocenters. The molecule has 1 heterocycles. The molecule has 0 spiro atoms. The molecule has 0 atom stereocenters. The van der Waals surface area contributed by atoms with Crippen molar-refractivity contribution in [1.82, 2.24) is 5.32 Å². The highest BCUT2D eigenvalue weighted by atomic mass is 32.1. The number of rotatable bonds is 2. The second-order valence-electron chi connectivity index (χ2n) is 6.07. The summed E-state index contributed by atoms with van der Waals surface area (Å²) in [5.41, 5.74) is 1.12. The first-order valence-corrected chi connectivity index (χ1v) is 8.86. The van der Waals surface area contributed by atoms with Gasteiger partial charge in [-0.15, -0.1) is 11.3 Å². The Morgan fingerprint density at radius 3 is 2.48 bits per heavy atom. The van der Waals surface area contributed by atoms with E-state index >= 15 is 0 Å². The molecule has 2 nitrogen and oxygen atoms in total. The van der Waals surface area contributed by atoms with E-state index in [2.05, 4.69) is 24.4 Å². The average Bonchev–Trinajstić information content (AvgIpc) is 2.79. The van der Waals surface area contributed by atoms with Crippen LogP contribution < -0.4 is 5.32 Å². The van der Waals surface area contributed by atoms with Crippen LogP contribution in [0.5, 0.6) is 0 Å². The summed E-state index contributed by atoms with van der Waals surface area (Å²) in [5, 5.41) is 4.49. The first-order chi connectivity index (χ1) is 10.3. The molecule has 1 aromatic carbocycles. The second kappa shape index (κ2) is 6.61. The average molecular weight is 301 g/mol. The van der Waals surface area contributed by atoms with Gasteiger partial charge in [-0.3, -0.25) is 4.79 Å². The van der Waals surface area contributed by atoms with Gasteiger partial charge in [0.15, 0.2) is 0 Å². The first kappa shape index (κ1) is 14.6. The van der Waals surface area contributed by atoms with Crippen molar-refractivity contribution < 1.29 is 4.79 Å². The Morgan fingerprint density at radius 1 is 1.10 bits per heavy atom. The van der Waals surface area contributed by atoms with Gasteiger partial charge in [0.2, 0.25) is 0 Å². The predicted octanol–water partition coefficient (Wildman–Crippen LogP) is 5.05. The minimum atomic E-state index is 0.124. The largest absolute Gasteiger partial charge is 0.349 e. The highest BCUT2D eigenvalue weighted by Crippen LogP contribution is 2.30. The fourth-order valence-corrected chi connectivity index (χ4v) is 4.35. The van der Waals surface area contributed by atoms with E-state index in [-0.39, 0.29) is 5.91 Å². The standard InChI is InChI=1S/C18H23NOS/c1-13-15-11-7-8-12-16(15)21-17(13)18(20)19-14-9-5-3-2-4-6-10-14/h7-8,11-12,14H,2-6,9-10H2,1H3,(H,19,20). The lowest BCUT2D eigenvalue weighted by molar-refractivity contribution is 0.0934. The number of nitrogens with one attached hydrogen (secondary N) is 1. The van der Waals surface area contributed by atoms with Crippen LogP contribution >= 0.6 is 11.3 Å². The van der Waals surface area contributed by atoms with Crippen LogP contribution in [0.25, 0.3) is 10.1 Å². The summed E-state index contributed by atoms with van der Waals surface area (Å²) in [4.78, 5) is 13.5. The molecule has 1 aromatic heterocycles. The summed E-state index contributed by atoms with van der Waals surface area (Å²) in [7, 11) is 0. The second-order valence-corrected chi connectivity index (χ2v) is 7.12. The summed E-state index contributed by atoms with van der Waals surface area (Å²) in [6, 6.07) is 8.64. The number of aryl methyl sites for hydroxylation is 1. The molecule has 3 heteroatoms. The van der Waals surface area contributed by atoms with Crippen molar-refractivity contribution in [1.29, 1.82) is 0 Å². The summed E-state index contributed by atoms with van der Waals surface area (Å²) in [6.45, 7) is 2.06. The van der Waals surface area contributed by atoms with Crippen LogP contribution in [0, 0.1) is 6.92 Å². The molecule has 0 saturated heterocycles. The van der Waals surface area contributed by atoms with Crippen molar-refractivity contribution in [3.05, 3.63) is 34.7 Å². The third kappa shape index (κ3) is 3.29. The van der Waals surface area contributed by atoms with E-state index in [1.54, 1.807) is 11.3 Å². The minimum absolute atomic E-state index is 0.124. The minimum Gasteiger partial charge on any atom is -0.349 e. The Bertz CT molecular complexity index is 623. The number of thiophene rings is 1. The van der Waals surface area contributed by atoms with Crippen LogP contribution in [0.4, 0.5) is 0 Å². The van der Waals surface area contributed by atoms with Crippen LogP contribution in [-0.2, 0) is 0 Å². The molecular formula is C18H23NOS. The molecule has 0 bridgehead atoms. The summed E-state index contributed by atoms with van der Waals surface area (Å²) < 4.78 is 1.21. The zero-order valence-electron chi connectivity index (χ0n) is 12.7. The molecule has 1 fully saturated rings. The van der Waals surface area contributed by atoms with Crippen LogP contribution in [0.3, 0.4) is 0 Å². The Labute approximate surface area is 130 Å². The molecule has 112 valence electrons. The number of amides is 1. The summed E-state index contributed by atoms with van der Waals surface area (Å²) >= 11 is 1.62. The topological polar surface area (TPSA) is 29.1 Å². The molecule has 21 heavy (non-hydrogen) atoms. The number of hydrogen-bond donors (Lipinski definition) is 1. The van der Waals surface area contributed by atoms with E-state index < -0.39 is 0 Å². The van der Waals surface area contributed by atoms with Crippen molar-refractivity contribution in [2.24, 2.45) is 0 Å². The van der Waals surface area contributed by atoms with Gasteiger partial charge in [-0.25, -0.2) is 0 Å². The molecule has 1 aliphatic rings. The quantitative estimate of drug-likeness (QED) is 0.826. The third-order valence-electron chi connectivity index (χ3n) is 4.49. The van der Waals surface area contributed by atoms with Gasteiger partial charge in [-0.2, -0.15) is 0 Å². The summed E-state index contributed by atoms with van der Waals surface area (Å²) in [6.07, 6.45) is 8.75. The van der Waals surface area contributed by atoms with E-state index in [9.17, 15) is 4.79 Å². The van der Waals surface area contributed by atoms with Crippen molar-refractivity contribution in [2.45, 2.75) is 57.9 Å². The van der Waals surface area contributed by atoms with E-state index in [0.29, 0.717) is 6.04 Å². The Balaban J connectivity index is 1.75. The maximum atomic E-state index is 12.6. The van der Waals surface area contributed by atoms with E-state index in [0.717, 1.165) is 23.3 Å². The van der Waals surface area contributed by atoms with Crippen LogP contribution in [-0.4, -0.2) is 11.9 Å². The van der Waals surface area contributed by atoms with Gasteiger partial charge in [0, 0.05) is 10.7 Å². The van der Waals surface area contributed by atoms with E-state index in [1.807, 2.05) is 12.1 Å². The zero-order chi connectivity index (χ0) is 14.7. The molecule has 0 radical (unpaired) electrons. The highest BCUT2D eigenvalue weighted by Gasteiger charge is 2.19. The van der Waals surface area contributed by atoms with Gasteiger partial charge in [-0.05, 0) is 36.8 Å². The van der Waals surface area contributed by atoms with E-state index in [1.165, 1.54) is 42.2 Å². The molecule has 1 saturated carbocycles. The number of fused-ring (bicyclic) bond motifs is 1. The molecule has 1 N–H and O–H groups in total. The lowest BCUT2D eigenvalue weighted by Crippen LogP contribution is -2.35. The van der Waals surface area contributed by atoms with Crippen molar-refractivity contribution in [3.63, 3.8) is 0 Å². The zero-order valence-corrected chi connectivity index (χ0v) is 13.5. The Morgan fingerprint density at radius 2 is 1.76 bits per heavy atom. The van der Waals surface area contributed by atoms with Crippen LogP contribution in [0.15, 0.2) is 24.3 Å².